The fourth-order valence-electron chi connectivity index (χ4n) is 1.98. The summed E-state index contributed by atoms with van der Waals surface area (Å²) in [5.74, 6) is 0.524. The lowest BCUT2D eigenvalue weighted by atomic mass is 10.1. The van der Waals surface area contributed by atoms with Gasteiger partial charge in [-0.1, -0.05) is 41.9 Å². The maximum Gasteiger partial charge on any atom is 0.132 e. The third-order valence-electron chi connectivity index (χ3n) is 2.70. The van der Waals surface area contributed by atoms with Crippen molar-refractivity contribution in [1.29, 1.82) is 0 Å². The molecule has 78 valence electrons. The van der Waals surface area contributed by atoms with Crippen molar-refractivity contribution in [3.05, 3.63) is 47.5 Å². The van der Waals surface area contributed by atoms with E-state index in [2.05, 4.69) is 4.98 Å². The zero-order valence-corrected chi connectivity index (χ0v) is 9.20. The number of nitrogen functional groups attached to an aromatic ring is 1. The summed E-state index contributed by atoms with van der Waals surface area (Å²) in [6, 6.07) is 13.6. The molecular formula is C13H9ClN2. The van der Waals surface area contributed by atoms with Crippen molar-refractivity contribution in [3.63, 3.8) is 0 Å². The quantitative estimate of drug-likeness (QED) is 0.597. The Kier molecular flexibility index (Phi) is 1.98. The third kappa shape index (κ3) is 1.24. The highest BCUT2D eigenvalue weighted by Gasteiger charge is 2.07. The van der Waals surface area contributed by atoms with Crippen LogP contribution in [0.4, 0.5) is 5.82 Å². The molecule has 0 radical (unpaired) electrons. The largest absolute Gasteiger partial charge is 0.383 e. The molecule has 0 bridgehead atoms. The van der Waals surface area contributed by atoms with E-state index in [1.807, 2.05) is 42.5 Å². The second-order valence-electron chi connectivity index (χ2n) is 3.68. The highest BCUT2D eigenvalue weighted by atomic mass is 35.5. The van der Waals surface area contributed by atoms with E-state index in [9.17, 15) is 0 Å². The van der Waals surface area contributed by atoms with E-state index in [-0.39, 0.29) is 0 Å². The van der Waals surface area contributed by atoms with E-state index in [0.717, 1.165) is 21.7 Å². The average molecular weight is 229 g/mol. The first-order valence-corrected chi connectivity index (χ1v) is 5.37. The van der Waals surface area contributed by atoms with Gasteiger partial charge in [-0.25, -0.2) is 4.98 Å². The highest BCUT2D eigenvalue weighted by Crippen LogP contribution is 2.32. The van der Waals surface area contributed by atoms with Gasteiger partial charge in [0.05, 0.1) is 5.52 Å². The molecule has 1 heterocycles. The van der Waals surface area contributed by atoms with Crippen LogP contribution in [-0.4, -0.2) is 4.98 Å². The summed E-state index contributed by atoms with van der Waals surface area (Å²) in [4.78, 5) is 4.36. The molecule has 0 unspecified atom stereocenters. The van der Waals surface area contributed by atoms with Gasteiger partial charge in [0, 0.05) is 21.2 Å². The average Bonchev–Trinajstić information content (AvgIpc) is 2.30. The van der Waals surface area contributed by atoms with Crippen LogP contribution in [0.2, 0.25) is 5.02 Å². The Hall–Kier alpha value is -1.80. The predicted octanol–water partition coefficient (Wildman–Crippen LogP) is 3.62. The second kappa shape index (κ2) is 3.35. The first kappa shape index (κ1) is 9.43. The Balaban J connectivity index is 2.67. The van der Waals surface area contributed by atoms with Crippen molar-refractivity contribution in [1.82, 2.24) is 4.98 Å². The zero-order valence-electron chi connectivity index (χ0n) is 8.44. The molecule has 0 saturated carbocycles. The number of hydrogen-bond donors (Lipinski definition) is 1. The fraction of sp³-hybridized carbons (Fsp3) is 0. The second-order valence-corrected chi connectivity index (χ2v) is 4.08. The molecule has 2 N–H and O–H groups in total. The lowest BCUT2D eigenvalue weighted by molar-refractivity contribution is 1.44. The molecule has 3 heteroatoms. The predicted molar refractivity (Wildman–Crippen MR) is 68.7 cm³/mol. The number of benzene rings is 2. The Bertz CT molecular complexity index is 692. The summed E-state index contributed by atoms with van der Waals surface area (Å²) in [6.45, 7) is 0. The minimum atomic E-state index is 0.524. The summed E-state index contributed by atoms with van der Waals surface area (Å²) in [5, 5.41) is 3.64. The van der Waals surface area contributed by atoms with Crippen LogP contribution >= 0.6 is 11.6 Å². The number of anilines is 1. The normalized spacial score (nSPS) is 11.1. The van der Waals surface area contributed by atoms with E-state index >= 15 is 0 Å². The van der Waals surface area contributed by atoms with Crippen LogP contribution in [0.15, 0.2) is 42.5 Å². The molecule has 2 aromatic carbocycles. The minimum Gasteiger partial charge on any atom is -0.383 e. The van der Waals surface area contributed by atoms with Gasteiger partial charge in [0.15, 0.2) is 0 Å². The topological polar surface area (TPSA) is 38.9 Å². The van der Waals surface area contributed by atoms with Gasteiger partial charge in [0.1, 0.15) is 5.82 Å². The maximum atomic E-state index is 6.22. The number of nitrogens with two attached hydrogens (primary N) is 1. The molecule has 0 spiro atoms. The molecular weight excluding hydrogens is 220 g/mol. The number of halogens is 1. The molecule has 3 aromatic rings. The Morgan fingerprint density at radius 2 is 1.69 bits per heavy atom. The molecule has 3 rings (SSSR count). The number of hydrogen-bond acceptors (Lipinski definition) is 2. The van der Waals surface area contributed by atoms with E-state index in [1.54, 1.807) is 0 Å². The van der Waals surface area contributed by atoms with Gasteiger partial charge in [-0.2, -0.15) is 0 Å². The fourth-order valence-corrected chi connectivity index (χ4v) is 2.26. The summed E-state index contributed by atoms with van der Waals surface area (Å²) >= 11 is 6.22. The number of pyridine rings is 1. The van der Waals surface area contributed by atoms with Crippen LogP contribution in [-0.2, 0) is 0 Å². The van der Waals surface area contributed by atoms with Gasteiger partial charge >= 0.3 is 0 Å². The number of aromatic nitrogens is 1. The van der Waals surface area contributed by atoms with Crippen LogP contribution in [0.5, 0.6) is 0 Å². The molecule has 0 fully saturated rings. The number of para-hydroxylation sites is 1. The summed E-state index contributed by atoms with van der Waals surface area (Å²) in [6.07, 6.45) is 0. The van der Waals surface area contributed by atoms with Crippen LogP contribution < -0.4 is 5.73 Å². The monoisotopic (exact) mass is 228 g/mol. The molecule has 2 nitrogen and oxygen atoms in total. The van der Waals surface area contributed by atoms with Crippen LogP contribution in [0, 0.1) is 0 Å². The lowest BCUT2D eigenvalue weighted by Gasteiger charge is -2.07. The first-order valence-electron chi connectivity index (χ1n) is 5.00. The molecule has 0 amide bonds. The van der Waals surface area contributed by atoms with Crippen molar-refractivity contribution in [3.8, 4) is 0 Å². The highest BCUT2D eigenvalue weighted by molar-refractivity contribution is 6.38. The molecule has 0 aliphatic heterocycles. The molecule has 1 aromatic heterocycles. The SMILES string of the molecule is Nc1nc2ccccc2c2c(Cl)cccc12. The minimum absolute atomic E-state index is 0.524. The standard InChI is InChI=1S/C13H9ClN2/c14-10-6-3-5-9-12(10)8-4-1-2-7-11(8)16-13(9)15/h1-7H,(H2,15,16). The van der Waals surface area contributed by atoms with Gasteiger partial charge in [0.2, 0.25) is 0 Å². The number of fused-ring (bicyclic) bond motifs is 3. The molecule has 16 heavy (non-hydrogen) atoms. The van der Waals surface area contributed by atoms with Gasteiger partial charge in [-0.15, -0.1) is 0 Å². The van der Waals surface area contributed by atoms with Gasteiger partial charge < -0.3 is 5.73 Å². The maximum absolute atomic E-state index is 6.22. The van der Waals surface area contributed by atoms with E-state index < -0.39 is 0 Å². The van der Waals surface area contributed by atoms with Gasteiger partial charge in [-0.05, 0) is 12.1 Å². The van der Waals surface area contributed by atoms with Gasteiger partial charge in [-0.3, -0.25) is 0 Å². The van der Waals surface area contributed by atoms with Crippen molar-refractivity contribution in [2.24, 2.45) is 0 Å². The van der Waals surface area contributed by atoms with Crippen LogP contribution in [0.3, 0.4) is 0 Å². The van der Waals surface area contributed by atoms with E-state index in [1.165, 1.54) is 0 Å². The summed E-state index contributed by atoms with van der Waals surface area (Å²) in [7, 11) is 0. The van der Waals surface area contributed by atoms with Crippen LogP contribution in [0.25, 0.3) is 21.7 Å². The van der Waals surface area contributed by atoms with E-state index in [4.69, 9.17) is 17.3 Å². The van der Waals surface area contributed by atoms with Crippen LogP contribution in [0.1, 0.15) is 0 Å². The lowest BCUT2D eigenvalue weighted by Crippen LogP contribution is -1.93. The van der Waals surface area contributed by atoms with Crippen molar-refractivity contribution < 1.29 is 0 Å². The Morgan fingerprint density at radius 1 is 0.938 bits per heavy atom. The number of nitrogens with zero attached hydrogens (tertiary/aromatic N) is 1. The number of rotatable bonds is 0. The zero-order chi connectivity index (χ0) is 11.1. The van der Waals surface area contributed by atoms with E-state index in [0.29, 0.717) is 10.8 Å². The van der Waals surface area contributed by atoms with Gasteiger partial charge in [0.25, 0.3) is 0 Å². The summed E-state index contributed by atoms with van der Waals surface area (Å²) in [5.41, 5.74) is 6.80. The molecule has 0 saturated heterocycles. The van der Waals surface area contributed by atoms with Crippen molar-refractivity contribution in [2.75, 3.05) is 5.73 Å². The summed E-state index contributed by atoms with van der Waals surface area (Å²) < 4.78 is 0. The molecule has 0 atom stereocenters. The first-order chi connectivity index (χ1) is 7.77. The Morgan fingerprint density at radius 3 is 2.56 bits per heavy atom. The third-order valence-corrected chi connectivity index (χ3v) is 3.02. The Labute approximate surface area is 97.7 Å². The molecule has 0 aliphatic rings. The molecule has 0 aliphatic carbocycles. The van der Waals surface area contributed by atoms with Crippen molar-refractivity contribution in [2.45, 2.75) is 0 Å². The smallest absolute Gasteiger partial charge is 0.132 e. The van der Waals surface area contributed by atoms with Crippen molar-refractivity contribution >= 4 is 39.1 Å².